The van der Waals surface area contributed by atoms with Crippen molar-refractivity contribution in [3.05, 3.63) is 83.0 Å². The summed E-state index contributed by atoms with van der Waals surface area (Å²) >= 11 is 0. The normalized spacial score (nSPS) is 15.6. The first kappa shape index (κ1) is 22.4. The summed E-state index contributed by atoms with van der Waals surface area (Å²) in [5, 5.41) is 3.17. The Morgan fingerprint density at radius 1 is 1.00 bits per heavy atom. The smallest absolute Gasteiger partial charge is 0.338 e. The summed E-state index contributed by atoms with van der Waals surface area (Å²) in [5.74, 6) is 0.114. The number of nitrogens with zero attached hydrogens (tertiary/aromatic N) is 1. The predicted molar refractivity (Wildman–Crippen MR) is 137 cm³/mol. The van der Waals surface area contributed by atoms with E-state index in [0.717, 1.165) is 41.4 Å². The molecule has 4 aromatic rings. The van der Waals surface area contributed by atoms with Crippen LogP contribution in [0.5, 0.6) is 0 Å². The van der Waals surface area contributed by atoms with Gasteiger partial charge >= 0.3 is 5.97 Å². The van der Waals surface area contributed by atoms with E-state index >= 15 is 0 Å². The standard InChI is InChI=1S/C30H31NO3/c1-3-4-5-9-20-17-26-29(27(32)18-20)28-24(30(33)34-2)12-8-13-25(28)31(26)19-21-14-15-22-10-6-7-11-23(22)16-21/h6-8,10-16,20H,3-5,9,17-19H2,1-2H3. The van der Waals surface area contributed by atoms with Crippen molar-refractivity contribution < 1.29 is 14.3 Å². The Morgan fingerprint density at radius 3 is 2.62 bits per heavy atom. The van der Waals surface area contributed by atoms with Crippen LogP contribution in [0.25, 0.3) is 21.7 Å². The number of esters is 1. The number of Topliss-reactive ketones (excluding diaryl/α,β-unsaturated/α-hetero) is 1. The number of aromatic nitrogens is 1. The molecule has 0 radical (unpaired) electrons. The molecule has 0 fully saturated rings. The van der Waals surface area contributed by atoms with Crippen LogP contribution in [0.4, 0.5) is 0 Å². The van der Waals surface area contributed by atoms with Gasteiger partial charge in [-0.25, -0.2) is 4.79 Å². The van der Waals surface area contributed by atoms with Crippen LogP contribution in [0, 0.1) is 5.92 Å². The maximum Gasteiger partial charge on any atom is 0.338 e. The highest BCUT2D eigenvalue weighted by atomic mass is 16.5. The lowest BCUT2D eigenvalue weighted by Crippen LogP contribution is -2.22. The maximum absolute atomic E-state index is 13.5. The van der Waals surface area contributed by atoms with Crippen LogP contribution in [0.3, 0.4) is 0 Å². The number of benzene rings is 3. The van der Waals surface area contributed by atoms with Gasteiger partial charge in [0.1, 0.15) is 0 Å². The molecule has 1 atom stereocenters. The molecule has 3 aromatic carbocycles. The van der Waals surface area contributed by atoms with Crippen molar-refractivity contribution in [2.24, 2.45) is 5.92 Å². The lowest BCUT2D eigenvalue weighted by molar-refractivity contribution is 0.0603. The van der Waals surface area contributed by atoms with Gasteiger partial charge in [-0.05, 0) is 53.3 Å². The van der Waals surface area contributed by atoms with Crippen molar-refractivity contribution in [1.82, 2.24) is 4.57 Å². The molecule has 5 rings (SSSR count). The number of ether oxygens (including phenoxy) is 1. The molecule has 34 heavy (non-hydrogen) atoms. The Hall–Kier alpha value is -3.40. The highest BCUT2D eigenvalue weighted by Gasteiger charge is 2.33. The second-order valence-electron chi connectivity index (χ2n) is 9.47. The first-order chi connectivity index (χ1) is 16.6. The van der Waals surface area contributed by atoms with Crippen LogP contribution >= 0.6 is 0 Å². The number of hydrogen-bond acceptors (Lipinski definition) is 3. The first-order valence-electron chi connectivity index (χ1n) is 12.3. The second kappa shape index (κ2) is 9.46. The van der Waals surface area contributed by atoms with Gasteiger partial charge in [0.15, 0.2) is 5.78 Å². The molecule has 0 saturated heterocycles. The number of methoxy groups -OCH3 is 1. The number of carbonyl (C=O) groups is 2. The molecule has 0 N–H and O–H groups in total. The number of fused-ring (bicyclic) bond motifs is 4. The number of carbonyl (C=O) groups excluding carboxylic acids is 2. The van der Waals surface area contributed by atoms with Gasteiger partial charge in [-0.2, -0.15) is 0 Å². The van der Waals surface area contributed by atoms with E-state index in [4.69, 9.17) is 4.74 Å². The molecule has 1 unspecified atom stereocenters. The van der Waals surface area contributed by atoms with E-state index in [1.165, 1.54) is 36.3 Å². The number of hydrogen-bond donors (Lipinski definition) is 0. The fourth-order valence-corrected chi connectivity index (χ4v) is 5.54. The molecule has 4 heteroatoms. The number of rotatable bonds is 7. The van der Waals surface area contributed by atoms with Gasteiger partial charge in [0.05, 0.1) is 18.2 Å². The van der Waals surface area contributed by atoms with Gasteiger partial charge in [0, 0.05) is 29.6 Å². The highest BCUT2D eigenvalue weighted by molar-refractivity contribution is 6.16. The maximum atomic E-state index is 13.5. The molecular formula is C30H31NO3. The van der Waals surface area contributed by atoms with Gasteiger partial charge in [-0.15, -0.1) is 0 Å². The minimum absolute atomic E-state index is 0.154. The third kappa shape index (κ3) is 4.02. The largest absolute Gasteiger partial charge is 0.465 e. The Morgan fingerprint density at radius 2 is 1.82 bits per heavy atom. The van der Waals surface area contributed by atoms with Crippen molar-refractivity contribution in [2.75, 3.05) is 7.11 Å². The molecule has 0 saturated carbocycles. The van der Waals surface area contributed by atoms with E-state index < -0.39 is 5.97 Å². The Balaban J connectivity index is 1.64. The molecular weight excluding hydrogens is 422 g/mol. The minimum atomic E-state index is -0.394. The summed E-state index contributed by atoms with van der Waals surface area (Å²) in [5.41, 5.74) is 4.39. The Labute approximate surface area is 200 Å². The van der Waals surface area contributed by atoms with Crippen LogP contribution < -0.4 is 0 Å². The van der Waals surface area contributed by atoms with E-state index in [-0.39, 0.29) is 5.78 Å². The van der Waals surface area contributed by atoms with Crippen LogP contribution in [0.2, 0.25) is 0 Å². The molecule has 0 bridgehead atoms. The lowest BCUT2D eigenvalue weighted by Gasteiger charge is -2.24. The summed E-state index contributed by atoms with van der Waals surface area (Å²) in [6, 6.07) is 20.6. The zero-order valence-corrected chi connectivity index (χ0v) is 20.0. The van der Waals surface area contributed by atoms with E-state index in [9.17, 15) is 9.59 Å². The average molecular weight is 454 g/mol. The van der Waals surface area contributed by atoms with Crippen molar-refractivity contribution >= 4 is 33.4 Å². The van der Waals surface area contributed by atoms with Gasteiger partial charge in [0.2, 0.25) is 0 Å². The fourth-order valence-electron chi connectivity index (χ4n) is 5.54. The SMILES string of the molecule is CCCCCC1CC(=O)c2c(n(Cc3ccc4ccccc4c3)c3cccc(C(=O)OC)c23)C1. The summed E-state index contributed by atoms with van der Waals surface area (Å²) in [4.78, 5) is 26.1. The van der Waals surface area contributed by atoms with Gasteiger partial charge in [0.25, 0.3) is 0 Å². The molecule has 174 valence electrons. The van der Waals surface area contributed by atoms with E-state index in [1.54, 1.807) is 6.07 Å². The molecule has 0 aliphatic heterocycles. The van der Waals surface area contributed by atoms with Crippen LogP contribution in [0.15, 0.2) is 60.7 Å². The summed E-state index contributed by atoms with van der Waals surface area (Å²) in [7, 11) is 1.39. The topological polar surface area (TPSA) is 48.3 Å². The van der Waals surface area contributed by atoms with Crippen molar-refractivity contribution in [1.29, 1.82) is 0 Å². The van der Waals surface area contributed by atoms with E-state index in [0.29, 0.717) is 24.4 Å². The fraction of sp³-hybridized carbons (Fsp3) is 0.333. The highest BCUT2D eigenvalue weighted by Crippen LogP contribution is 2.38. The monoisotopic (exact) mass is 453 g/mol. The second-order valence-corrected chi connectivity index (χ2v) is 9.47. The Bertz CT molecular complexity index is 1380. The van der Waals surface area contributed by atoms with Crippen LogP contribution in [-0.2, 0) is 17.7 Å². The van der Waals surface area contributed by atoms with Crippen molar-refractivity contribution in [3.8, 4) is 0 Å². The average Bonchev–Trinajstić information content (AvgIpc) is 3.17. The lowest BCUT2D eigenvalue weighted by atomic mass is 9.82. The molecule has 0 spiro atoms. The van der Waals surface area contributed by atoms with Gasteiger partial charge in [-0.3, -0.25) is 4.79 Å². The summed E-state index contributed by atoms with van der Waals surface area (Å²) in [6.45, 7) is 2.87. The van der Waals surface area contributed by atoms with Crippen molar-refractivity contribution in [3.63, 3.8) is 0 Å². The molecule has 1 heterocycles. The zero-order chi connectivity index (χ0) is 23.7. The predicted octanol–water partition coefficient (Wildman–Crippen LogP) is 6.95. The summed E-state index contributed by atoms with van der Waals surface area (Å²) in [6.07, 6.45) is 6.03. The molecule has 1 aliphatic rings. The van der Waals surface area contributed by atoms with Crippen LogP contribution in [0.1, 0.15) is 71.0 Å². The van der Waals surface area contributed by atoms with Gasteiger partial charge < -0.3 is 9.30 Å². The zero-order valence-electron chi connectivity index (χ0n) is 20.0. The quantitative estimate of drug-likeness (QED) is 0.225. The van der Waals surface area contributed by atoms with Gasteiger partial charge in [-0.1, -0.05) is 68.7 Å². The number of unbranched alkanes of at least 4 members (excludes halogenated alkanes) is 2. The Kier molecular flexibility index (Phi) is 6.23. The molecule has 1 aliphatic carbocycles. The third-order valence-corrected chi connectivity index (χ3v) is 7.21. The summed E-state index contributed by atoms with van der Waals surface area (Å²) < 4.78 is 7.34. The molecule has 1 aromatic heterocycles. The van der Waals surface area contributed by atoms with E-state index in [1.807, 2.05) is 12.1 Å². The van der Waals surface area contributed by atoms with Crippen molar-refractivity contribution in [2.45, 2.75) is 52.0 Å². The molecule has 4 nitrogen and oxygen atoms in total. The minimum Gasteiger partial charge on any atom is -0.465 e. The first-order valence-corrected chi connectivity index (χ1v) is 12.3. The van der Waals surface area contributed by atoms with E-state index in [2.05, 4.69) is 54.0 Å². The third-order valence-electron chi connectivity index (χ3n) is 7.21. The number of ketones is 1. The van der Waals surface area contributed by atoms with Crippen LogP contribution in [-0.4, -0.2) is 23.4 Å². The molecule has 0 amide bonds.